The van der Waals surface area contributed by atoms with Crippen molar-refractivity contribution in [2.45, 2.75) is 57.1 Å². The number of hydrogen-bond acceptors (Lipinski definition) is 4. The molecule has 1 aliphatic rings. The Kier molecular flexibility index (Phi) is 8.14. The molecule has 1 aromatic heterocycles. The molecule has 1 aliphatic carbocycles. The third-order valence-electron chi connectivity index (χ3n) is 7.07. The number of benzene rings is 2. The molecule has 3 aromatic rings. The quantitative estimate of drug-likeness (QED) is 0.351. The molecule has 4 rings (SSSR count). The summed E-state index contributed by atoms with van der Waals surface area (Å²) in [7, 11) is 0. The molecule has 0 spiro atoms. The molecule has 1 amide bonds. The average molecular weight is 484 g/mol. The molecule has 182 valence electrons. The van der Waals surface area contributed by atoms with Gasteiger partial charge in [-0.05, 0) is 60.9 Å². The normalized spacial score (nSPS) is 16.4. The second-order valence-corrected chi connectivity index (χ2v) is 9.73. The number of rotatable bonds is 9. The van der Waals surface area contributed by atoms with Crippen LogP contribution in [0.5, 0.6) is 5.75 Å². The number of hydrogen-bond donors (Lipinski definition) is 4. The number of nitrogens with two attached hydrogens (primary N) is 1. The molecule has 7 heteroatoms. The van der Waals surface area contributed by atoms with E-state index in [1.807, 2.05) is 18.2 Å². The van der Waals surface area contributed by atoms with E-state index in [1.165, 1.54) is 30.9 Å². The summed E-state index contributed by atoms with van der Waals surface area (Å²) in [5, 5.41) is 25.0. The third-order valence-corrected chi connectivity index (χ3v) is 7.39. The Hall–Kier alpha value is -2.54. The Morgan fingerprint density at radius 1 is 1.15 bits per heavy atom. The van der Waals surface area contributed by atoms with Crippen LogP contribution in [-0.4, -0.2) is 39.9 Å². The van der Waals surface area contributed by atoms with Crippen molar-refractivity contribution in [2.24, 2.45) is 11.7 Å². The number of phenolic OH excluding ortho intramolecular Hbond substituents is 1. The zero-order chi connectivity index (χ0) is 24.1. The van der Waals surface area contributed by atoms with Gasteiger partial charge in [-0.3, -0.25) is 4.79 Å². The highest BCUT2D eigenvalue weighted by Crippen LogP contribution is 2.43. The lowest BCUT2D eigenvalue weighted by atomic mass is 9.75. The first-order valence-corrected chi connectivity index (χ1v) is 12.6. The van der Waals surface area contributed by atoms with E-state index in [0.29, 0.717) is 24.0 Å². The van der Waals surface area contributed by atoms with Gasteiger partial charge >= 0.3 is 0 Å². The van der Waals surface area contributed by atoms with Crippen LogP contribution in [0.2, 0.25) is 5.02 Å². The van der Waals surface area contributed by atoms with Gasteiger partial charge < -0.3 is 25.8 Å². The smallest absolute Gasteiger partial charge is 0.255 e. The number of carbonyl (C=O) groups excluding carboxylic acids is 1. The van der Waals surface area contributed by atoms with Crippen molar-refractivity contribution in [3.63, 3.8) is 0 Å². The molecule has 34 heavy (non-hydrogen) atoms. The molecule has 1 saturated carbocycles. The van der Waals surface area contributed by atoms with E-state index < -0.39 is 6.10 Å². The molecule has 0 bridgehead atoms. The van der Waals surface area contributed by atoms with Gasteiger partial charge in [0.1, 0.15) is 5.75 Å². The van der Waals surface area contributed by atoms with Crippen molar-refractivity contribution in [3.8, 4) is 5.75 Å². The maximum atomic E-state index is 12.6. The summed E-state index contributed by atoms with van der Waals surface area (Å²) >= 11 is 6.71. The van der Waals surface area contributed by atoms with Gasteiger partial charge in [0.05, 0.1) is 16.7 Å². The Morgan fingerprint density at radius 2 is 1.91 bits per heavy atom. The zero-order valence-electron chi connectivity index (χ0n) is 19.4. The SMILES string of the molecule is NCC(O)Cn1cc(C(CCNC(=O)c2ccccc2O)C2CCCCC2)c2c(Cl)cccc21. The Morgan fingerprint density at radius 3 is 2.65 bits per heavy atom. The highest BCUT2D eigenvalue weighted by Gasteiger charge is 2.29. The fourth-order valence-corrected chi connectivity index (χ4v) is 5.64. The second-order valence-electron chi connectivity index (χ2n) is 9.33. The maximum Gasteiger partial charge on any atom is 0.255 e. The van der Waals surface area contributed by atoms with Crippen LogP contribution in [0, 0.1) is 5.92 Å². The van der Waals surface area contributed by atoms with Gasteiger partial charge in [0.2, 0.25) is 0 Å². The maximum absolute atomic E-state index is 12.6. The Balaban J connectivity index is 1.62. The number of aliphatic hydroxyl groups is 1. The van der Waals surface area contributed by atoms with E-state index in [9.17, 15) is 15.0 Å². The molecule has 1 fully saturated rings. The summed E-state index contributed by atoms with van der Waals surface area (Å²) in [6.07, 6.45) is 8.26. The van der Waals surface area contributed by atoms with Crippen molar-refractivity contribution < 1.29 is 15.0 Å². The van der Waals surface area contributed by atoms with Crippen molar-refractivity contribution in [1.82, 2.24) is 9.88 Å². The predicted octanol–water partition coefficient (Wildman–Crippen LogP) is 4.80. The number of aliphatic hydroxyl groups excluding tert-OH is 1. The first-order chi connectivity index (χ1) is 16.5. The summed E-state index contributed by atoms with van der Waals surface area (Å²) < 4.78 is 2.06. The number of aromatic hydroxyl groups is 1. The van der Waals surface area contributed by atoms with Crippen LogP contribution in [0.3, 0.4) is 0 Å². The molecule has 1 heterocycles. The van der Waals surface area contributed by atoms with E-state index in [-0.39, 0.29) is 29.7 Å². The number of halogens is 1. The summed E-state index contributed by atoms with van der Waals surface area (Å²) in [6.45, 7) is 1.10. The minimum Gasteiger partial charge on any atom is -0.507 e. The Labute approximate surface area is 205 Å². The van der Waals surface area contributed by atoms with E-state index in [4.69, 9.17) is 17.3 Å². The lowest BCUT2D eigenvalue weighted by Crippen LogP contribution is -2.27. The van der Waals surface area contributed by atoms with Crippen LogP contribution < -0.4 is 11.1 Å². The van der Waals surface area contributed by atoms with Gasteiger partial charge in [-0.2, -0.15) is 0 Å². The van der Waals surface area contributed by atoms with E-state index in [1.54, 1.807) is 18.2 Å². The summed E-state index contributed by atoms with van der Waals surface area (Å²) in [4.78, 5) is 12.6. The van der Waals surface area contributed by atoms with E-state index >= 15 is 0 Å². The number of amides is 1. The minimum atomic E-state index is -0.631. The van der Waals surface area contributed by atoms with Gasteiger partial charge in [-0.15, -0.1) is 0 Å². The number of fused-ring (bicyclic) bond motifs is 1. The van der Waals surface area contributed by atoms with Crippen LogP contribution >= 0.6 is 11.6 Å². The molecule has 2 aromatic carbocycles. The first-order valence-electron chi connectivity index (χ1n) is 12.2. The van der Waals surface area contributed by atoms with Crippen LogP contribution in [0.15, 0.2) is 48.7 Å². The second kappa shape index (κ2) is 11.3. The molecule has 6 nitrogen and oxygen atoms in total. The van der Waals surface area contributed by atoms with Gasteiger partial charge in [0.25, 0.3) is 5.91 Å². The predicted molar refractivity (Wildman–Crippen MR) is 136 cm³/mol. The summed E-state index contributed by atoms with van der Waals surface area (Å²) in [5.41, 5.74) is 8.14. The summed E-state index contributed by atoms with van der Waals surface area (Å²) in [6, 6.07) is 12.5. The number of nitrogens with zero attached hydrogens (tertiary/aromatic N) is 1. The van der Waals surface area contributed by atoms with Gasteiger partial charge in [-0.1, -0.05) is 49.1 Å². The molecule has 2 unspecified atom stereocenters. The fraction of sp³-hybridized carbons (Fsp3) is 0.444. The first kappa shape index (κ1) is 24.6. The van der Waals surface area contributed by atoms with Crippen LogP contribution in [-0.2, 0) is 6.54 Å². The molecule has 2 atom stereocenters. The fourth-order valence-electron chi connectivity index (χ4n) is 5.36. The molecule has 5 N–H and O–H groups in total. The number of aromatic nitrogens is 1. The zero-order valence-corrected chi connectivity index (χ0v) is 20.2. The molecule has 0 radical (unpaired) electrons. The number of para-hydroxylation sites is 1. The molecule has 0 aliphatic heterocycles. The van der Waals surface area contributed by atoms with Crippen LogP contribution in [0.25, 0.3) is 10.9 Å². The third kappa shape index (κ3) is 5.40. The number of nitrogens with one attached hydrogen (secondary N) is 1. The lowest BCUT2D eigenvalue weighted by Gasteiger charge is -2.30. The van der Waals surface area contributed by atoms with Gasteiger partial charge in [0, 0.05) is 36.7 Å². The molecular weight excluding hydrogens is 450 g/mol. The number of carbonyl (C=O) groups is 1. The van der Waals surface area contributed by atoms with E-state index in [0.717, 1.165) is 30.2 Å². The Bertz CT molecular complexity index is 1120. The molecule has 0 saturated heterocycles. The van der Waals surface area contributed by atoms with Crippen LogP contribution in [0.4, 0.5) is 0 Å². The van der Waals surface area contributed by atoms with Crippen molar-refractivity contribution in [3.05, 3.63) is 64.8 Å². The van der Waals surface area contributed by atoms with Crippen molar-refractivity contribution in [1.29, 1.82) is 0 Å². The van der Waals surface area contributed by atoms with Crippen LogP contribution in [0.1, 0.15) is 60.4 Å². The number of phenols is 1. The monoisotopic (exact) mass is 483 g/mol. The van der Waals surface area contributed by atoms with Crippen molar-refractivity contribution in [2.75, 3.05) is 13.1 Å². The standard InChI is InChI=1S/C27H34ClN3O3/c28-23-10-6-11-24-26(23)22(17-31(24)16-19(32)15-29)20(18-7-2-1-3-8-18)13-14-30-27(34)21-9-4-5-12-25(21)33/h4-6,9-12,17-20,32-33H,1-3,7-8,13-16,29H2,(H,30,34). The van der Waals surface area contributed by atoms with Gasteiger partial charge in [-0.25, -0.2) is 0 Å². The largest absolute Gasteiger partial charge is 0.507 e. The highest BCUT2D eigenvalue weighted by molar-refractivity contribution is 6.35. The lowest BCUT2D eigenvalue weighted by molar-refractivity contribution is 0.0948. The van der Waals surface area contributed by atoms with E-state index in [2.05, 4.69) is 16.1 Å². The topological polar surface area (TPSA) is 101 Å². The molecular formula is C27H34ClN3O3. The summed E-state index contributed by atoms with van der Waals surface area (Å²) in [5.74, 6) is 0.443. The highest BCUT2D eigenvalue weighted by atomic mass is 35.5. The average Bonchev–Trinajstić information content (AvgIpc) is 3.21. The van der Waals surface area contributed by atoms with Gasteiger partial charge in [0.15, 0.2) is 0 Å². The minimum absolute atomic E-state index is 0.0165. The van der Waals surface area contributed by atoms with Crippen molar-refractivity contribution >= 4 is 28.4 Å².